The van der Waals surface area contributed by atoms with Gasteiger partial charge in [0.2, 0.25) is 10.0 Å². The first-order chi connectivity index (χ1) is 11.8. The summed E-state index contributed by atoms with van der Waals surface area (Å²) in [5.41, 5.74) is 1.07. The largest absolute Gasteiger partial charge is 0.433 e. The van der Waals surface area contributed by atoms with E-state index in [9.17, 15) is 21.6 Å². The highest BCUT2D eigenvalue weighted by Gasteiger charge is 2.44. The smallest absolute Gasteiger partial charge is 0.250 e. The summed E-state index contributed by atoms with van der Waals surface area (Å²) in [6.45, 7) is 0.352. The first-order valence-corrected chi connectivity index (χ1v) is 9.36. The second-order valence-corrected chi connectivity index (χ2v) is 8.26. The van der Waals surface area contributed by atoms with Crippen LogP contribution in [0.25, 0.3) is 0 Å². The Morgan fingerprint density at radius 1 is 1.04 bits per heavy atom. The molecule has 5 rings (SSSR count). The van der Waals surface area contributed by atoms with E-state index in [-0.39, 0.29) is 16.9 Å². The van der Waals surface area contributed by atoms with Crippen molar-refractivity contribution in [1.82, 2.24) is 9.29 Å². The molecule has 132 valence electrons. The van der Waals surface area contributed by atoms with Crippen LogP contribution in [0.15, 0.2) is 47.5 Å². The van der Waals surface area contributed by atoms with Crippen molar-refractivity contribution in [3.63, 3.8) is 0 Å². The maximum atomic E-state index is 13.0. The molecule has 2 aliphatic heterocycles. The Bertz CT molecular complexity index is 910. The normalized spacial score (nSPS) is 23.5. The number of fused-ring (bicyclic) bond motifs is 2. The van der Waals surface area contributed by atoms with Gasteiger partial charge in [0.05, 0.1) is 6.04 Å². The Kier molecular flexibility index (Phi) is 3.66. The van der Waals surface area contributed by atoms with Crippen LogP contribution in [0.1, 0.15) is 41.6 Å². The number of alkyl halides is 3. The van der Waals surface area contributed by atoms with Crippen LogP contribution in [0.3, 0.4) is 0 Å². The third-order valence-corrected chi connectivity index (χ3v) is 6.82. The van der Waals surface area contributed by atoms with Crippen molar-refractivity contribution in [2.45, 2.75) is 35.9 Å². The number of nitrogens with zero attached hydrogens (tertiary/aromatic N) is 2. The number of benzene rings is 1. The van der Waals surface area contributed by atoms with Crippen LogP contribution >= 0.6 is 0 Å². The molecule has 25 heavy (non-hydrogen) atoms. The zero-order valence-electron chi connectivity index (χ0n) is 13.1. The highest BCUT2D eigenvalue weighted by molar-refractivity contribution is 7.89. The van der Waals surface area contributed by atoms with Crippen LogP contribution in [0, 0.1) is 0 Å². The van der Waals surface area contributed by atoms with Crippen molar-refractivity contribution in [2.24, 2.45) is 0 Å². The number of sulfonamides is 1. The van der Waals surface area contributed by atoms with Crippen molar-refractivity contribution in [2.75, 3.05) is 6.54 Å². The maximum Gasteiger partial charge on any atom is 0.433 e. The summed E-state index contributed by atoms with van der Waals surface area (Å²) in [4.78, 5) is 3.08. The van der Waals surface area contributed by atoms with Gasteiger partial charge < -0.3 is 0 Å². The van der Waals surface area contributed by atoms with Gasteiger partial charge in [0.25, 0.3) is 0 Å². The van der Waals surface area contributed by atoms with E-state index in [2.05, 4.69) is 4.98 Å². The van der Waals surface area contributed by atoms with Gasteiger partial charge in [-0.1, -0.05) is 24.3 Å². The van der Waals surface area contributed by atoms with Gasteiger partial charge in [0, 0.05) is 12.7 Å². The van der Waals surface area contributed by atoms with E-state index < -0.39 is 21.9 Å². The minimum absolute atomic E-state index is 0.124. The lowest BCUT2D eigenvalue weighted by molar-refractivity contribution is -0.141. The molecule has 4 nitrogen and oxygen atoms in total. The first-order valence-electron chi connectivity index (χ1n) is 7.92. The van der Waals surface area contributed by atoms with Gasteiger partial charge in [0.1, 0.15) is 10.6 Å². The molecule has 0 saturated carbocycles. The van der Waals surface area contributed by atoms with Crippen molar-refractivity contribution >= 4 is 10.0 Å². The molecule has 0 amide bonds. The number of rotatable bonds is 2. The highest BCUT2D eigenvalue weighted by atomic mass is 32.2. The van der Waals surface area contributed by atoms with E-state index in [1.54, 1.807) is 0 Å². The average molecular weight is 368 g/mol. The summed E-state index contributed by atoms with van der Waals surface area (Å²) in [5, 5.41) is 0. The topological polar surface area (TPSA) is 50.3 Å². The number of aromatic nitrogens is 1. The fourth-order valence-corrected chi connectivity index (χ4v) is 5.42. The van der Waals surface area contributed by atoms with Gasteiger partial charge in [-0.15, -0.1) is 0 Å². The van der Waals surface area contributed by atoms with Crippen LogP contribution in [0.4, 0.5) is 13.2 Å². The number of hydrogen-bond acceptors (Lipinski definition) is 3. The Hall–Kier alpha value is -1.93. The Morgan fingerprint density at radius 2 is 1.76 bits per heavy atom. The molecular weight excluding hydrogens is 353 g/mol. The third kappa shape index (κ3) is 2.64. The predicted molar refractivity (Wildman–Crippen MR) is 84.3 cm³/mol. The van der Waals surface area contributed by atoms with Crippen molar-refractivity contribution < 1.29 is 21.6 Å². The van der Waals surface area contributed by atoms with Gasteiger partial charge in [0.15, 0.2) is 0 Å². The molecule has 2 aromatic rings. The lowest BCUT2D eigenvalue weighted by atomic mass is 9.76. The fraction of sp³-hybridized carbons (Fsp3) is 0.353. The zero-order chi connectivity index (χ0) is 17.8. The molecular formula is C17H15F3N2O2S. The lowest BCUT2D eigenvalue weighted by Gasteiger charge is -2.45. The molecule has 1 aromatic heterocycles. The van der Waals surface area contributed by atoms with Gasteiger partial charge >= 0.3 is 6.18 Å². The summed E-state index contributed by atoms with van der Waals surface area (Å²) >= 11 is 0. The SMILES string of the molecule is O=S(=O)(c1ccc(C(F)(F)F)nc1)N1C[C@H]2CC[C@H]1c1ccccc12. The Labute approximate surface area is 143 Å². The lowest BCUT2D eigenvalue weighted by Crippen LogP contribution is -2.45. The van der Waals surface area contributed by atoms with Gasteiger partial charge in [-0.3, -0.25) is 4.98 Å². The fourth-order valence-electron chi connectivity index (χ4n) is 3.79. The quantitative estimate of drug-likeness (QED) is 0.812. The minimum atomic E-state index is -4.59. The second kappa shape index (κ2) is 5.54. The van der Waals surface area contributed by atoms with E-state index in [1.165, 1.54) is 9.87 Å². The van der Waals surface area contributed by atoms with Crippen LogP contribution in [-0.4, -0.2) is 24.3 Å². The summed E-state index contributed by atoms with van der Waals surface area (Å²) in [7, 11) is -3.89. The van der Waals surface area contributed by atoms with Crippen molar-refractivity contribution in [3.8, 4) is 0 Å². The number of pyridine rings is 1. The monoisotopic (exact) mass is 368 g/mol. The molecule has 2 atom stereocenters. The summed E-state index contributed by atoms with van der Waals surface area (Å²) < 4.78 is 65.2. The van der Waals surface area contributed by atoms with E-state index in [0.717, 1.165) is 30.7 Å². The van der Waals surface area contributed by atoms with Gasteiger partial charge in [-0.05, 0) is 42.0 Å². The maximum absolute atomic E-state index is 13.0. The Morgan fingerprint density at radius 3 is 2.40 bits per heavy atom. The summed E-state index contributed by atoms with van der Waals surface area (Å²) in [6.07, 6.45) is -2.16. The molecule has 0 spiro atoms. The van der Waals surface area contributed by atoms with Gasteiger partial charge in [-0.2, -0.15) is 17.5 Å². The minimum Gasteiger partial charge on any atom is -0.250 e. The molecule has 1 saturated heterocycles. The zero-order valence-corrected chi connectivity index (χ0v) is 13.9. The number of hydrogen-bond donors (Lipinski definition) is 0. The molecule has 1 aliphatic carbocycles. The third-order valence-electron chi connectivity index (χ3n) is 4.96. The molecule has 2 bridgehead atoms. The second-order valence-electron chi connectivity index (χ2n) is 6.37. The average Bonchev–Trinajstić information content (AvgIpc) is 2.62. The van der Waals surface area contributed by atoms with E-state index in [1.807, 2.05) is 24.3 Å². The van der Waals surface area contributed by atoms with Crippen molar-refractivity contribution in [1.29, 1.82) is 0 Å². The molecule has 0 N–H and O–H groups in total. The van der Waals surface area contributed by atoms with Crippen LogP contribution in [0.5, 0.6) is 0 Å². The molecule has 3 aliphatic rings. The van der Waals surface area contributed by atoms with E-state index in [0.29, 0.717) is 12.6 Å². The first kappa shape index (κ1) is 16.5. The van der Waals surface area contributed by atoms with Crippen LogP contribution in [0.2, 0.25) is 0 Å². The summed E-state index contributed by atoms with van der Waals surface area (Å²) in [6, 6.07) is 9.20. The predicted octanol–water partition coefficient (Wildman–Crippen LogP) is 3.72. The molecule has 0 radical (unpaired) electrons. The van der Waals surface area contributed by atoms with Crippen LogP contribution in [-0.2, 0) is 16.2 Å². The highest BCUT2D eigenvalue weighted by Crippen LogP contribution is 2.48. The number of halogens is 3. The number of piperidine rings is 1. The van der Waals surface area contributed by atoms with Crippen LogP contribution < -0.4 is 0 Å². The summed E-state index contributed by atoms with van der Waals surface area (Å²) in [5.74, 6) is 0.124. The van der Waals surface area contributed by atoms with E-state index >= 15 is 0 Å². The standard InChI is InChI=1S/C17H15F3N2O2S/c18-17(19,20)16-8-6-12(9-21-16)25(23,24)22-10-11-5-7-15(22)14-4-2-1-3-13(11)14/h1-4,6,8-9,11,15H,5,7,10H2/t11-,15+/m1/s1. The van der Waals surface area contributed by atoms with E-state index in [4.69, 9.17) is 0 Å². The Balaban J connectivity index is 1.70. The molecule has 1 aromatic carbocycles. The molecule has 3 heterocycles. The molecule has 0 unspecified atom stereocenters. The van der Waals surface area contributed by atoms with Crippen molar-refractivity contribution in [3.05, 3.63) is 59.4 Å². The molecule has 8 heteroatoms. The van der Waals surface area contributed by atoms with Gasteiger partial charge in [-0.25, -0.2) is 8.42 Å². The molecule has 1 fully saturated rings.